The molecule has 0 N–H and O–H groups in total. The van der Waals surface area contributed by atoms with Gasteiger partial charge in [-0.3, -0.25) is 9.59 Å². The molecule has 0 radical (unpaired) electrons. The standard InChI is InChI=1S/C16H13NO5S/c1-11-6-8-12(9-7-11)23(20,21)22-10-17-15(18)13-4-2-3-5-14(13)16(17)19/h2-9H,10H2,1H3. The monoisotopic (exact) mass is 331 g/mol. The zero-order valence-electron chi connectivity index (χ0n) is 12.2. The van der Waals surface area contributed by atoms with E-state index >= 15 is 0 Å². The number of imide groups is 1. The van der Waals surface area contributed by atoms with E-state index in [0.29, 0.717) is 0 Å². The smallest absolute Gasteiger partial charge is 0.268 e. The van der Waals surface area contributed by atoms with Crippen molar-refractivity contribution >= 4 is 21.9 Å². The molecule has 6 nitrogen and oxygen atoms in total. The maximum Gasteiger partial charge on any atom is 0.298 e. The minimum Gasteiger partial charge on any atom is -0.268 e. The number of fused-ring (bicyclic) bond motifs is 1. The number of hydrogen-bond acceptors (Lipinski definition) is 5. The third-order valence-corrected chi connectivity index (χ3v) is 4.79. The van der Waals surface area contributed by atoms with Crippen molar-refractivity contribution < 1.29 is 22.2 Å². The molecule has 1 aliphatic heterocycles. The van der Waals surface area contributed by atoms with Crippen LogP contribution in [-0.2, 0) is 14.3 Å². The molecule has 0 fully saturated rings. The van der Waals surface area contributed by atoms with Crippen molar-refractivity contribution in [1.29, 1.82) is 0 Å². The van der Waals surface area contributed by atoms with Crippen LogP contribution in [0.4, 0.5) is 0 Å². The average molecular weight is 331 g/mol. The lowest BCUT2D eigenvalue weighted by Gasteiger charge is -2.14. The van der Waals surface area contributed by atoms with Gasteiger partial charge in [0.1, 0.15) is 6.73 Å². The first-order valence-electron chi connectivity index (χ1n) is 6.81. The fourth-order valence-electron chi connectivity index (χ4n) is 2.25. The van der Waals surface area contributed by atoms with E-state index in [4.69, 9.17) is 4.18 Å². The van der Waals surface area contributed by atoms with Crippen LogP contribution < -0.4 is 0 Å². The van der Waals surface area contributed by atoms with Crippen molar-refractivity contribution in [3.63, 3.8) is 0 Å². The van der Waals surface area contributed by atoms with Gasteiger partial charge in [0.05, 0.1) is 16.0 Å². The Morgan fingerprint density at radius 2 is 1.43 bits per heavy atom. The van der Waals surface area contributed by atoms with Gasteiger partial charge in [0.2, 0.25) is 0 Å². The fourth-order valence-corrected chi connectivity index (χ4v) is 3.10. The number of rotatable bonds is 4. The van der Waals surface area contributed by atoms with Gasteiger partial charge in [-0.2, -0.15) is 8.42 Å². The summed E-state index contributed by atoms with van der Waals surface area (Å²) in [4.78, 5) is 25.0. The topological polar surface area (TPSA) is 80.8 Å². The normalized spacial score (nSPS) is 14.2. The quantitative estimate of drug-likeness (QED) is 0.632. The van der Waals surface area contributed by atoms with Crippen LogP contribution in [0, 0.1) is 6.92 Å². The Morgan fingerprint density at radius 1 is 0.913 bits per heavy atom. The minimum atomic E-state index is -4.04. The third-order valence-electron chi connectivity index (χ3n) is 3.52. The summed E-state index contributed by atoms with van der Waals surface area (Å²) in [6, 6.07) is 12.4. The lowest BCUT2D eigenvalue weighted by molar-refractivity contribution is 0.0532. The van der Waals surface area contributed by atoms with Crippen molar-refractivity contribution in [3.8, 4) is 0 Å². The molecule has 1 heterocycles. The summed E-state index contributed by atoms with van der Waals surface area (Å²) < 4.78 is 29.1. The second-order valence-electron chi connectivity index (χ2n) is 5.10. The van der Waals surface area contributed by atoms with Crippen LogP contribution in [0.15, 0.2) is 53.4 Å². The van der Waals surface area contributed by atoms with Gasteiger partial charge in [-0.25, -0.2) is 9.08 Å². The molecule has 2 aromatic rings. The zero-order chi connectivity index (χ0) is 16.6. The predicted octanol–water partition coefficient (Wildman–Crippen LogP) is 1.95. The van der Waals surface area contributed by atoms with Gasteiger partial charge in [0.15, 0.2) is 0 Å². The number of nitrogens with zero attached hydrogens (tertiary/aromatic N) is 1. The van der Waals surface area contributed by atoms with Crippen LogP contribution in [-0.4, -0.2) is 31.9 Å². The van der Waals surface area contributed by atoms with Gasteiger partial charge in [-0.05, 0) is 31.2 Å². The number of amides is 2. The van der Waals surface area contributed by atoms with Gasteiger partial charge in [0, 0.05) is 0 Å². The van der Waals surface area contributed by atoms with Crippen molar-refractivity contribution in [2.45, 2.75) is 11.8 Å². The van der Waals surface area contributed by atoms with Crippen LogP contribution in [0.25, 0.3) is 0 Å². The van der Waals surface area contributed by atoms with E-state index in [1.807, 2.05) is 6.92 Å². The van der Waals surface area contributed by atoms with Crippen molar-refractivity contribution in [1.82, 2.24) is 4.90 Å². The summed E-state index contributed by atoms with van der Waals surface area (Å²) >= 11 is 0. The average Bonchev–Trinajstić information content (AvgIpc) is 2.78. The largest absolute Gasteiger partial charge is 0.298 e. The molecule has 0 bridgehead atoms. The maximum atomic E-state index is 12.1. The van der Waals surface area contributed by atoms with Gasteiger partial charge >= 0.3 is 0 Å². The first kappa shape index (κ1) is 15.4. The van der Waals surface area contributed by atoms with Crippen LogP contribution in [0.5, 0.6) is 0 Å². The lowest BCUT2D eigenvalue weighted by Crippen LogP contribution is -2.33. The molecular weight excluding hydrogens is 318 g/mol. The molecule has 0 aliphatic carbocycles. The first-order chi connectivity index (χ1) is 10.9. The second-order valence-corrected chi connectivity index (χ2v) is 6.71. The van der Waals surface area contributed by atoms with E-state index in [-0.39, 0.29) is 16.0 Å². The molecule has 0 aromatic heterocycles. The summed E-state index contributed by atoms with van der Waals surface area (Å²) in [6.07, 6.45) is 0. The Labute approximate surface area is 133 Å². The number of carbonyl (C=O) groups is 2. The van der Waals surface area contributed by atoms with Gasteiger partial charge in [-0.15, -0.1) is 0 Å². The van der Waals surface area contributed by atoms with E-state index in [1.165, 1.54) is 24.3 Å². The summed E-state index contributed by atoms with van der Waals surface area (Å²) in [5, 5.41) is 0. The van der Waals surface area contributed by atoms with Crippen LogP contribution in [0.2, 0.25) is 0 Å². The van der Waals surface area contributed by atoms with Crippen LogP contribution in [0.3, 0.4) is 0 Å². The number of hydrogen-bond donors (Lipinski definition) is 0. The second kappa shape index (κ2) is 5.60. The number of carbonyl (C=O) groups excluding carboxylic acids is 2. The molecular formula is C16H13NO5S. The summed E-state index contributed by atoms with van der Waals surface area (Å²) in [5.41, 5.74) is 1.40. The molecule has 118 valence electrons. The third kappa shape index (κ3) is 2.76. The number of benzene rings is 2. The molecule has 2 aromatic carbocycles. The maximum absolute atomic E-state index is 12.1. The number of aryl methyl sites for hydroxylation is 1. The van der Waals surface area contributed by atoms with E-state index in [0.717, 1.165) is 10.5 Å². The molecule has 0 saturated carbocycles. The highest BCUT2D eigenvalue weighted by Gasteiger charge is 2.36. The predicted molar refractivity (Wildman–Crippen MR) is 81.3 cm³/mol. The van der Waals surface area contributed by atoms with Gasteiger partial charge in [-0.1, -0.05) is 29.8 Å². The molecule has 0 spiro atoms. The lowest BCUT2D eigenvalue weighted by atomic mass is 10.1. The van der Waals surface area contributed by atoms with Gasteiger partial charge in [0.25, 0.3) is 21.9 Å². The van der Waals surface area contributed by atoms with Crippen molar-refractivity contribution in [2.75, 3.05) is 6.73 Å². The Hall–Kier alpha value is -2.51. The Bertz CT molecular complexity index is 852. The Kier molecular flexibility index (Phi) is 3.75. The summed E-state index contributed by atoms with van der Waals surface area (Å²) in [5.74, 6) is -1.13. The van der Waals surface area contributed by atoms with Crippen LogP contribution >= 0.6 is 0 Å². The van der Waals surface area contributed by atoms with Crippen LogP contribution in [0.1, 0.15) is 26.3 Å². The minimum absolute atomic E-state index is 0.0280. The molecule has 0 atom stereocenters. The molecule has 3 rings (SSSR count). The highest BCUT2D eigenvalue weighted by Crippen LogP contribution is 2.23. The fraction of sp³-hybridized carbons (Fsp3) is 0.125. The molecule has 23 heavy (non-hydrogen) atoms. The zero-order valence-corrected chi connectivity index (χ0v) is 13.0. The molecule has 0 saturated heterocycles. The molecule has 0 unspecified atom stereocenters. The molecule has 7 heteroatoms. The van der Waals surface area contributed by atoms with Gasteiger partial charge < -0.3 is 0 Å². The van der Waals surface area contributed by atoms with E-state index in [2.05, 4.69) is 0 Å². The first-order valence-corrected chi connectivity index (χ1v) is 8.22. The van der Waals surface area contributed by atoms with Crippen molar-refractivity contribution in [2.24, 2.45) is 0 Å². The van der Waals surface area contributed by atoms with Crippen molar-refractivity contribution in [3.05, 3.63) is 65.2 Å². The Morgan fingerprint density at radius 3 is 1.96 bits per heavy atom. The summed E-state index contributed by atoms with van der Waals surface area (Å²) in [6.45, 7) is 1.18. The van der Waals surface area contributed by atoms with E-state index in [1.54, 1.807) is 24.3 Å². The van der Waals surface area contributed by atoms with E-state index in [9.17, 15) is 18.0 Å². The SMILES string of the molecule is Cc1ccc(S(=O)(=O)OCN2C(=O)c3ccccc3C2=O)cc1. The highest BCUT2D eigenvalue weighted by atomic mass is 32.2. The highest BCUT2D eigenvalue weighted by molar-refractivity contribution is 7.86. The molecule has 1 aliphatic rings. The summed E-state index contributed by atoms with van der Waals surface area (Å²) in [7, 11) is -4.04. The Balaban J connectivity index is 1.78. The van der Waals surface area contributed by atoms with E-state index < -0.39 is 28.7 Å². The molecule has 2 amide bonds.